The summed E-state index contributed by atoms with van der Waals surface area (Å²) in [7, 11) is 1.62. The summed E-state index contributed by atoms with van der Waals surface area (Å²) in [6.07, 6.45) is 3.37. The number of aliphatic carboxylic acids is 1. The summed E-state index contributed by atoms with van der Waals surface area (Å²) in [5.41, 5.74) is 2.11. The number of rotatable bonds is 6. The van der Waals surface area contributed by atoms with Crippen LogP contribution in [0.3, 0.4) is 0 Å². The Hall–Kier alpha value is -2.83. The number of ether oxygens (including phenoxy) is 1. The minimum absolute atomic E-state index is 0.0335. The summed E-state index contributed by atoms with van der Waals surface area (Å²) in [5, 5.41) is 13.5. The number of aryl methyl sites for hydroxylation is 1. The molecule has 2 aromatic rings. The van der Waals surface area contributed by atoms with Crippen molar-refractivity contribution in [3.05, 3.63) is 41.7 Å². The lowest BCUT2D eigenvalue weighted by Crippen LogP contribution is -2.44. The van der Waals surface area contributed by atoms with E-state index in [0.29, 0.717) is 18.7 Å². The maximum Gasteiger partial charge on any atom is 0.303 e. The second kappa shape index (κ2) is 8.24. The van der Waals surface area contributed by atoms with Crippen molar-refractivity contribution in [2.24, 2.45) is 0 Å². The van der Waals surface area contributed by atoms with Gasteiger partial charge in [0.05, 0.1) is 12.8 Å². The first kappa shape index (κ1) is 18.9. The van der Waals surface area contributed by atoms with Crippen LogP contribution in [-0.2, 0) is 4.79 Å². The number of methoxy groups -OCH3 is 1. The predicted molar refractivity (Wildman–Crippen MR) is 100 cm³/mol. The molecule has 1 atom stereocenters. The van der Waals surface area contributed by atoms with E-state index in [1.807, 2.05) is 31.2 Å². The Labute approximate surface area is 158 Å². The third-order valence-corrected chi connectivity index (χ3v) is 5.00. The summed E-state index contributed by atoms with van der Waals surface area (Å²) < 4.78 is 6.92. The van der Waals surface area contributed by atoms with Crippen LogP contribution < -0.4 is 4.74 Å². The summed E-state index contributed by atoms with van der Waals surface area (Å²) in [5.74, 6) is -0.192. The van der Waals surface area contributed by atoms with E-state index in [-0.39, 0.29) is 18.4 Å². The van der Waals surface area contributed by atoms with Crippen LogP contribution in [0.4, 0.5) is 0 Å². The minimum Gasteiger partial charge on any atom is -0.497 e. The molecule has 0 radical (unpaired) electrons. The van der Waals surface area contributed by atoms with Crippen molar-refractivity contribution in [2.45, 2.75) is 45.1 Å². The molecule has 1 fully saturated rings. The Morgan fingerprint density at radius 1 is 1.26 bits per heavy atom. The average molecular weight is 371 g/mol. The molecule has 1 saturated heterocycles. The molecule has 3 rings (SSSR count). The van der Waals surface area contributed by atoms with Gasteiger partial charge in [-0.3, -0.25) is 9.59 Å². The zero-order valence-corrected chi connectivity index (χ0v) is 15.7. The van der Waals surface area contributed by atoms with Crippen LogP contribution in [-0.4, -0.2) is 51.4 Å². The molecule has 1 aliphatic rings. The van der Waals surface area contributed by atoms with Crippen molar-refractivity contribution in [1.82, 2.24) is 14.7 Å². The number of benzene rings is 1. The van der Waals surface area contributed by atoms with Crippen molar-refractivity contribution in [2.75, 3.05) is 13.7 Å². The molecule has 144 valence electrons. The first-order valence-corrected chi connectivity index (χ1v) is 9.23. The predicted octanol–water partition coefficient (Wildman–Crippen LogP) is 3.05. The topological polar surface area (TPSA) is 84.7 Å². The quantitative estimate of drug-likeness (QED) is 0.844. The number of carbonyl (C=O) groups is 2. The molecule has 1 N–H and O–H groups in total. The van der Waals surface area contributed by atoms with E-state index in [2.05, 4.69) is 5.10 Å². The zero-order chi connectivity index (χ0) is 19.4. The van der Waals surface area contributed by atoms with Gasteiger partial charge in [0.25, 0.3) is 5.91 Å². The van der Waals surface area contributed by atoms with E-state index in [9.17, 15) is 9.59 Å². The SMILES string of the molecule is COc1ccc(-n2nc(C(=O)N3CCCCC3CCC(=O)O)cc2C)cc1. The average Bonchev–Trinajstić information content (AvgIpc) is 3.07. The van der Waals surface area contributed by atoms with Crippen LogP contribution in [0.1, 0.15) is 48.3 Å². The molecular weight excluding hydrogens is 346 g/mol. The van der Waals surface area contributed by atoms with Crippen molar-refractivity contribution >= 4 is 11.9 Å². The fourth-order valence-electron chi connectivity index (χ4n) is 3.57. The van der Waals surface area contributed by atoms with Gasteiger partial charge in [-0.05, 0) is 62.9 Å². The van der Waals surface area contributed by atoms with Crippen molar-refractivity contribution in [1.29, 1.82) is 0 Å². The fourth-order valence-corrected chi connectivity index (χ4v) is 3.57. The summed E-state index contributed by atoms with van der Waals surface area (Å²) in [6.45, 7) is 2.56. The van der Waals surface area contributed by atoms with E-state index in [4.69, 9.17) is 9.84 Å². The zero-order valence-electron chi connectivity index (χ0n) is 15.7. The molecule has 0 spiro atoms. The Kier molecular flexibility index (Phi) is 5.78. The number of piperidine rings is 1. The maximum atomic E-state index is 13.0. The summed E-state index contributed by atoms with van der Waals surface area (Å²) >= 11 is 0. The van der Waals surface area contributed by atoms with E-state index in [0.717, 1.165) is 36.4 Å². The lowest BCUT2D eigenvalue weighted by molar-refractivity contribution is -0.137. The molecule has 0 aliphatic carbocycles. The molecule has 1 aliphatic heterocycles. The number of hydrogen-bond donors (Lipinski definition) is 1. The van der Waals surface area contributed by atoms with E-state index in [1.54, 1.807) is 22.8 Å². The highest BCUT2D eigenvalue weighted by atomic mass is 16.5. The molecule has 1 amide bonds. The third-order valence-electron chi connectivity index (χ3n) is 5.00. The number of amides is 1. The van der Waals surface area contributed by atoms with Gasteiger partial charge in [0.2, 0.25) is 0 Å². The Morgan fingerprint density at radius 3 is 2.67 bits per heavy atom. The van der Waals surface area contributed by atoms with Gasteiger partial charge in [-0.25, -0.2) is 4.68 Å². The summed E-state index contributed by atoms with van der Waals surface area (Å²) in [4.78, 5) is 25.7. The highest BCUT2D eigenvalue weighted by Gasteiger charge is 2.29. The number of aromatic nitrogens is 2. The molecule has 7 nitrogen and oxygen atoms in total. The molecule has 1 aromatic carbocycles. The number of carbonyl (C=O) groups excluding carboxylic acids is 1. The molecule has 1 aromatic heterocycles. The van der Waals surface area contributed by atoms with Crippen LogP contribution in [0.5, 0.6) is 5.75 Å². The Bertz CT molecular complexity index is 813. The minimum atomic E-state index is -0.826. The Balaban J connectivity index is 1.80. The lowest BCUT2D eigenvalue weighted by Gasteiger charge is -2.35. The fraction of sp³-hybridized carbons (Fsp3) is 0.450. The number of carboxylic acid groups (broad SMARTS) is 1. The van der Waals surface area contributed by atoms with Gasteiger partial charge < -0.3 is 14.7 Å². The van der Waals surface area contributed by atoms with Gasteiger partial charge >= 0.3 is 5.97 Å². The van der Waals surface area contributed by atoms with Gasteiger partial charge in [-0.15, -0.1) is 0 Å². The van der Waals surface area contributed by atoms with Gasteiger partial charge in [-0.2, -0.15) is 5.10 Å². The van der Waals surface area contributed by atoms with Gasteiger partial charge in [-0.1, -0.05) is 0 Å². The van der Waals surface area contributed by atoms with E-state index < -0.39 is 5.97 Å². The molecular formula is C20H25N3O4. The van der Waals surface area contributed by atoms with Crippen LogP contribution in [0, 0.1) is 6.92 Å². The van der Waals surface area contributed by atoms with Crippen LogP contribution in [0.25, 0.3) is 5.69 Å². The largest absolute Gasteiger partial charge is 0.497 e. The maximum absolute atomic E-state index is 13.0. The molecule has 7 heteroatoms. The van der Waals surface area contributed by atoms with Crippen LogP contribution >= 0.6 is 0 Å². The highest BCUT2D eigenvalue weighted by molar-refractivity contribution is 5.92. The van der Waals surface area contributed by atoms with Gasteiger partial charge in [0.1, 0.15) is 5.75 Å². The van der Waals surface area contributed by atoms with Crippen LogP contribution in [0.2, 0.25) is 0 Å². The second-order valence-corrected chi connectivity index (χ2v) is 6.86. The Morgan fingerprint density at radius 2 is 2.00 bits per heavy atom. The first-order valence-electron chi connectivity index (χ1n) is 9.23. The third kappa shape index (κ3) is 4.30. The smallest absolute Gasteiger partial charge is 0.303 e. The van der Waals surface area contributed by atoms with Crippen molar-refractivity contribution in [3.8, 4) is 11.4 Å². The molecule has 2 heterocycles. The second-order valence-electron chi connectivity index (χ2n) is 6.86. The molecule has 1 unspecified atom stereocenters. The highest BCUT2D eigenvalue weighted by Crippen LogP contribution is 2.24. The summed E-state index contributed by atoms with van der Waals surface area (Å²) in [6, 6.07) is 9.24. The van der Waals surface area contributed by atoms with E-state index in [1.165, 1.54) is 0 Å². The first-order chi connectivity index (χ1) is 13.0. The number of carboxylic acids is 1. The normalized spacial score (nSPS) is 17.0. The molecule has 27 heavy (non-hydrogen) atoms. The van der Waals surface area contributed by atoms with E-state index >= 15 is 0 Å². The standard InChI is InChI=1S/C20H25N3O4/c1-14-13-18(21-23(14)16-6-9-17(27-2)10-7-16)20(26)22-12-4-3-5-15(22)8-11-19(24)25/h6-7,9-10,13,15H,3-5,8,11-12H2,1-2H3,(H,24,25). The molecule has 0 bridgehead atoms. The number of nitrogens with zero attached hydrogens (tertiary/aromatic N) is 3. The number of hydrogen-bond acceptors (Lipinski definition) is 4. The van der Waals surface area contributed by atoms with Crippen LogP contribution in [0.15, 0.2) is 30.3 Å². The van der Waals surface area contributed by atoms with Crippen molar-refractivity contribution in [3.63, 3.8) is 0 Å². The monoisotopic (exact) mass is 371 g/mol. The lowest BCUT2D eigenvalue weighted by atomic mass is 9.97. The number of likely N-dealkylation sites (tertiary alicyclic amines) is 1. The van der Waals surface area contributed by atoms with Gasteiger partial charge in [0, 0.05) is 24.7 Å². The van der Waals surface area contributed by atoms with Gasteiger partial charge in [0.15, 0.2) is 5.69 Å². The van der Waals surface area contributed by atoms with Crippen molar-refractivity contribution < 1.29 is 19.4 Å². The molecule has 0 saturated carbocycles.